The maximum atomic E-state index is 14.2. The molecule has 5 heteroatoms. The second-order valence-corrected chi connectivity index (χ2v) is 5.52. The fourth-order valence-corrected chi connectivity index (χ4v) is 2.06. The molecule has 0 aliphatic heterocycles. The van der Waals surface area contributed by atoms with E-state index in [0.717, 1.165) is 6.42 Å². The van der Waals surface area contributed by atoms with E-state index in [4.69, 9.17) is 21.9 Å². The number of nitrogens with zero attached hydrogens (tertiary/aromatic N) is 1. The third-order valence-electron chi connectivity index (χ3n) is 3.44. The standard InChI is InChI=1S/C14H16ClFN2O/c1-4-14(2,3)12-10(13(17)18-19-12)8-6-5-7-9(15)11(8)16/h5-7H,4H2,1-3H3,(H2,17,18). The second-order valence-electron chi connectivity index (χ2n) is 5.11. The molecule has 0 atom stereocenters. The van der Waals surface area contributed by atoms with Gasteiger partial charge in [-0.15, -0.1) is 0 Å². The van der Waals surface area contributed by atoms with Gasteiger partial charge in [0.25, 0.3) is 0 Å². The lowest BCUT2D eigenvalue weighted by atomic mass is 9.83. The molecule has 0 amide bonds. The number of nitrogens with two attached hydrogens (primary N) is 1. The molecule has 2 rings (SSSR count). The maximum Gasteiger partial charge on any atom is 0.175 e. The van der Waals surface area contributed by atoms with Gasteiger partial charge in [0.1, 0.15) is 5.82 Å². The van der Waals surface area contributed by atoms with Crippen molar-refractivity contribution >= 4 is 17.4 Å². The van der Waals surface area contributed by atoms with Crippen LogP contribution in [0.5, 0.6) is 0 Å². The number of hydrogen-bond acceptors (Lipinski definition) is 3. The van der Waals surface area contributed by atoms with Crippen molar-refractivity contribution in [2.24, 2.45) is 0 Å². The van der Waals surface area contributed by atoms with Crippen LogP contribution in [0.4, 0.5) is 10.2 Å². The normalized spacial score (nSPS) is 11.8. The number of nitrogen functional groups attached to an aromatic ring is 1. The Hall–Kier alpha value is -1.55. The van der Waals surface area contributed by atoms with Gasteiger partial charge >= 0.3 is 0 Å². The molecule has 102 valence electrons. The fraction of sp³-hybridized carbons (Fsp3) is 0.357. The first kappa shape index (κ1) is 13.9. The number of benzene rings is 1. The molecule has 1 aromatic carbocycles. The molecule has 0 spiro atoms. The number of aromatic nitrogens is 1. The van der Waals surface area contributed by atoms with Crippen LogP contribution in [0.15, 0.2) is 22.7 Å². The quantitative estimate of drug-likeness (QED) is 0.907. The summed E-state index contributed by atoms with van der Waals surface area (Å²) >= 11 is 5.82. The van der Waals surface area contributed by atoms with Gasteiger partial charge in [-0.25, -0.2) is 4.39 Å². The van der Waals surface area contributed by atoms with Crippen LogP contribution in [-0.4, -0.2) is 5.16 Å². The van der Waals surface area contributed by atoms with Gasteiger partial charge in [0.15, 0.2) is 11.6 Å². The molecular formula is C14H16ClFN2O. The first-order valence-corrected chi connectivity index (χ1v) is 6.46. The lowest BCUT2D eigenvalue weighted by Crippen LogP contribution is -2.16. The predicted molar refractivity (Wildman–Crippen MR) is 74.6 cm³/mol. The average molecular weight is 283 g/mol. The number of anilines is 1. The Morgan fingerprint density at radius 3 is 2.74 bits per heavy atom. The third kappa shape index (κ3) is 2.32. The average Bonchev–Trinajstić information content (AvgIpc) is 2.75. The van der Waals surface area contributed by atoms with Gasteiger partial charge in [-0.3, -0.25) is 0 Å². The SMILES string of the molecule is CCC(C)(C)c1onc(N)c1-c1cccc(Cl)c1F. The zero-order chi connectivity index (χ0) is 14.2. The van der Waals surface area contributed by atoms with Crippen LogP contribution in [0.2, 0.25) is 5.02 Å². The monoisotopic (exact) mass is 282 g/mol. The van der Waals surface area contributed by atoms with Crippen molar-refractivity contribution in [1.29, 1.82) is 0 Å². The molecule has 19 heavy (non-hydrogen) atoms. The highest BCUT2D eigenvalue weighted by molar-refractivity contribution is 6.31. The molecule has 1 aromatic heterocycles. The van der Waals surface area contributed by atoms with Crippen LogP contribution in [-0.2, 0) is 5.41 Å². The molecule has 0 unspecified atom stereocenters. The van der Waals surface area contributed by atoms with Crippen molar-refractivity contribution in [3.63, 3.8) is 0 Å². The van der Waals surface area contributed by atoms with E-state index in [2.05, 4.69) is 5.16 Å². The van der Waals surface area contributed by atoms with Crippen molar-refractivity contribution in [1.82, 2.24) is 5.16 Å². The number of hydrogen-bond donors (Lipinski definition) is 1. The summed E-state index contributed by atoms with van der Waals surface area (Å²) in [5.41, 5.74) is 6.36. The van der Waals surface area contributed by atoms with Crippen LogP contribution >= 0.6 is 11.6 Å². The van der Waals surface area contributed by atoms with Gasteiger partial charge in [-0.1, -0.05) is 49.7 Å². The van der Waals surface area contributed by atoms with E-state index in [-0.39, 0.29) is 16.3 Å². The molecule has 0 aliphatic rings. The predicted octanol–water partition coefficient (Wildman–Crippen LogP) is 4.40. The van der Waals surface area contributed by atoms with E-state index < -0.39 is 5.82 Å². The van der Waals surface area contributed by atoms with E-state index in [1.54, 1.807) is 12.1 Å². The summed E-state index contributed by atoms with van der Waals surface area (Å²) in [7, 11) is 0. The minimum atomic E-state index is -0.507. The highest BCUT2D eigenvalue weighted by Gasteiger charge is 2.30. The lowest BCUT2D eigenvalue weighted by molar-refractivity contribution is 0.313. The van der Waals surface area contributed by atoms with Crippen molar-refractivity contribution in [2.45, 2.75) is 32.6 Å². The fourth-order valence-electron chi connectivity index (χ4n) is 1.88. The molecule has 0 saturated heterocycles. The molecule has 0 fully saturated rings. The second kappa shape index (κ2) is 4.85. The van der Waals surface area contributed by atoms with E-state index in [1.165, 1.54) is 6.07 Å². The number of halogens is 2. The Balaban J connectivity index is 2.69. The van der Waals surface area contributed by atoms with E-state index in [1.807, 2.05) is 20.8 Å². The van der Waals surface area contributed by atoms with Gasteiger partial charge in [-0.05, 0) is 12.5 Å². The topological polar surface area (TPSA) is 52.0 Å². The van der Waals surface area contributed by atoms with E-state index in [0.29, 0.717) is 16.9 Å². The highest BCUT2D eigenvalue weighted by atomic mass is 35.5. The van der Waals surface area contributed by atoms with Gasteiger partial charge in [-0.2, -0.15) is 0 Å². The zero-order valence-corrected chi connectivity index (χ0v) is 11.9. The summed E-state index contributed by atoms with van der Waals surface area (Å²) in [6, 6.07) is 4.80. The molecule has 3 nitrogen and oxygen atoms in total. The smallest absolute Gasteiger partial charge is 0.175 e. The molecule has 0 saturated carbocycles. The Bertz CT molecular complexity index is 607. The first-order valence-electron chi connectivity index (χ1n) is 6.08. The molecule has 2 N–H and O–H groups in total. The Morgan fingerprint density at radius 1 is 1.42 bits per heavy atom. The minimum absolute atomic E-state index is 0.0540. The summed E-state index contributed by atoms with van der Waals surface area (Å²) in [6.45, 7) is 6.02. The van der Waals surface area contributed by atoms with E-state index >= 15 is 0 Å². The lowest BCUT2D eigenvalue weighted by Gasteiger charge is -2.20. The highest BCUT2D eigenvalue weighted by Crippen LogP contribution is 2.40. The van der Waals surface area contributed by atoms with Crippen LogP contribution in [0.1, 0.15) is 33.0 Å². The van der Waals surface area contributed by atoms with Gasteiger partial charge in [0, 0.05) is 11.0 Å². The van der Waals surface area contributed by atoms with Gasteiger partial charge < -0.3 is 10.3 Å². The Morgan fingerprint density at radius 2 is 2.11 bits per heavy atom. The van der Waals surface area contributed by atoms with E-state index in [9.17, 15) is 4.39 Å². The van der Waals surface area contributed by atoms with Crippen molar-refractivity contribution < 1.29 is 8.91 Å². The summed E-state index contributed by atoms with van der Waals surface area (Å²) in [4.78, 5) is 0. The van der Waals surface area contributed by atoms with Crippen LogP contribution < -0.4 is 5.73 Å². The summed E-state index contributed by atoms with van der Waals surface area (Å²) < 4.78 is 19.5. The summed E-state index contributed by atoms with van der Waals surface area (Å²) in [5, 5.41) is 3.83. The maximum absolute atomic E-state index is 14.2. The Kier molecular flexibility index (Phi) is 3.54. The van der Waals surface area contributed by atoms with Crippen LogP contribution in [0.25, 0.3) is 11.1 Å². The van der Waals surface area contributed by atoms with Crippen molar-refractivity contribution in [2.75, 3.05) is 5.73 Å². The largest absolute Gasteiger partial charge is 0.380 e. The number of rotatable bonds is 3. The molecule has 0 aliphatic carbocycles. The van der Waals surface area contributed by atoms with Crippen molar-refractivity contribution in [3.05, 3.63) is 34.8 Å². The molecular weight excluding hydrogens is 267 g/mol. The summed E-state index contributed by atoms with van der Waals surface area (Å²) in [5.74, 6) is 0.249. The molecule has 1 heterocycles. The van der Waals surface area contributed by atoms with Gasteiger partial charge in [0.2, 0.25) is 0 Å². The van der Waals surface area contributed by atoms with Crippen LogP contribution in [0, 0.1) is 5.82 Å². The van der Waals surface area contributed by atoms with Gasteiger partial charge in [0.05, 0.1) is 10.6 Å². The van der Waals surface area contributed by atoms with Crippen LogP contribution in [0.3, 0.4) is 0 Å². The molecule has 0 radical (unpaired) electrons. The summed E-state index contributed by atoms with van der Waals surface area (Å²) in [6.07, 6.45) is 0.816. The first-order chi connectivity index (χ1) is 8.88. The minimum Gasteiger partial charge on any atom is -0.380 e. The zero-order valence-electron chi connectivity index (χ0n) is 11.1. The Labute approximate surface area is 116 Å². The molecule has 0 bridgehead atoms. The third-order valence-corrected chi connectivity index (χ3v) is 3.73. The molecule has 2 aromatic rings. The van der Waals surface area contributed by atoms with Crippen molar-refractivity contribution in [3.8, 4) is 11.1 Å².